The monoisotopic (exact) mass is 394 g/mol. The van der Waals surface area contributed by atoms with Gasteiger partial charge in [-0.3, -0.25) is 19.4 Å². The molecule has 1 aliphatic rings. The van der Waals surface area contributed by atoms with Crippen molar-refractivity contribution in [3.63, 3.8) is 0 Å². The van der Waals surface area contributed by atoms with Crippen LogP contribution in [0.25, 0.3) is 6.08 Å². The highest BCUT2D eigenvalue weighted by Crippen LogP contribution is 2.27. The highest BCUT2D eigenvalue weighted by atomic mass is 79.9. The molecular weight excluding hydrogens is 380 g/mol. The van der Waals surface area contributed by atoms with Gasteiger partial charge in [0.25, 0.3) is 11.8 Å². The molecule has 5 nitrogen and oxygen atoms in total. The molecule has 0 aliphatic carbocycles. The topological polar surface area (TPSA) is 49.9 Å². The first-order valence-electron chi connectivity index (χ1n) is 6.71. The van der Waals surface area contributed by atoms with Crippen molar-refractivity contribution >= 4 is 51.2 Å². The number of likely N-dealkylation sites (N-methyl/N-ethyl adjacent to an activating group) is 2. The van der Waals surface area contributed by atoms with Crippen molar-refractivity contribution in [1.82, 2.24) is 9.80 Å². The van der Waals surface area contributed by atoms with Crippen LogP contribution in [0.5, 0.6) is 5.75 Å². The Kier molecular flexibility index (Phi) is 5.33. The minimum Gasteiger partial charge on any atom is -0.488 e. The SMILES string of the molecule is C=CCOc1ccc(C=C2C(=O)N(C)C(=S)N(C)C2=O)cc1Br. The molecule has 7 heteroatoms. The Bertz CT molecular complexity index is 704. The number of carbonyl (C=O) groups excluding carboxylic acids is 2. The fraction of sp³-hybridized carbons (Fsp3) is 0.188. The number of hydrogen-bond donors (Lipinski definition) is 0. The average molecular weight is 395 g/mol. The second kappa shape index (κ2) is 7.06. The molecule has 1 heterocycles. The summed E-state index contributed by atoms with van der Waals surface area (Å²) in [6, 6.07) is 5.30. The number of nitrogens with zero attached hydrogens (tertiary/aromatic N) is 2. The van der Waals surface area contributed by atoms with Crippen LogP contribution in [-0.2, 0) is 9.59 Å². The Hall–Kier alpha value is -1.99. The molecule has 0 radical (unpaired) electrons. The average Bonchev–Trinajstić information content (AvgIpc) is 2.54. The highest BCUT2D eigenvalue weighted by molar-refractivity contribution is 9.10. The highest BCUT2D eigenvalue weighted by Gasteiger charge is 2.35. The number of rotatable bonds is 4. The van der Waals surface area contributed by atoms with Gasteiger partial charge in [0.2, 0.25) is 0 Å². The smallest absolute Gasteiger partial charge is 0.265 e. The fourth-order valence-corrected chi connectivity index (χ4v) is 2.69. The third kappa shape index (κ3) is 3.51. The molecule has 2 amide bonds. The summed E-state index contributed by atoms with van der Waals surface area (Å²) in [4.78, 5) is 27.1. The second-order valence-corrected chi connectivity index (χ2v) is 6.08. The van der Waals surface area contributed by atoms with Gasteiger partial charge in [-0.25, -0.2) is 0 Å². The summed E-state index contributed by atoms with van der Waals surface area (Å²) in [7, 11) is 3.09. The van der Waals surface area contributed by atoms with Crippen LogP contribution >= 0.6 is 28.1 Å². The number of hydrogen-bond acceptors (Lipinski definition) is 4. The first-order chi connectivity index (χ1) is 10.9. The standard InChI is InChI=1S/C16H15BrN2O3S/c1-4-7-22-13-6-5-10(9-12(13)17)8-11-14(20)18(2)16(23)19(3)15(11)21/h4-6,8-9H,1,7H2,2-3H3. The van der Waals surface area contributed by atoms with Gasteiger partial charge >= 0.3 is 0 Å². The van der Waals surface area contributed by atoms with Crippen LogP contribution in [0, 0.1) is 0 Å². The van der Waals surface area contributed by atoms with E-state index < -0.39 is 11.8 Å². The minimum atomic E-state index is -0.416. The quantitative estimate of drug-likeness (QED) is 0.341. The summed E-state index contributed by atoms with van der Waals surface area (Å²) in [5.74, 6) is -0.175. The molecule has 0 N–H and O–H groups in total. The summed E-state index contributed by atoms with van der Waals surface area (Å²) in [6.07, 6.45) is 3.19. The molecule has 0 atom stereocenters. The van der Waals surface area contributed by atoms with Crippen molar-refractivity contribution in [2.75, 3.05) is 20.7 Å². The van der Waals surface area contributed by atoms with Crippen molar-refractivity contribution in [2.24, 2.45) is 0 Å². The second-order valence-electron chi connectivity index (χ2n) is 4.86. The van der Waals surface area contributed by atoms with E-state index in [-0.39, 0.29) is 10.7 Å². The number of ether oxygens (including phenoxy) is 1. The van der Waals surface area contributed by atoms with Crippen molar-refractivity contribution in [3.8, 4) is 5.75 Å². The van der Waals surface area contributed by atoms with Crippen LogP contribution in [0.4, 0.5) is 0 Å². The van der Waals surface area contributed by atoms with Crippen LogP contribution in [0.15, 0.2) is 40.9 Å². The van der Waals surface area contributed by atoms with E-state index >= 15 is 0 Å². The maximum absolute atomic E-state index is 12.3. The van der Waals surface area contributed by atoms with Crippen molar-refractivity contribution in [2.45, 2.75) is 0 Å². The van der Waals surface area contributed by atoms with Gasteiger partial charge in [-0.05, 0) is 51.9 Å². The van der Waals surface area contributed by atoms with Gasteiger partial charge < -0.3 is 4.74 Å². The summed E-state index contributed by atoms with van der Waals surface area (Å²) in [6.45, 7) is 3.98. The molecule has 1 aliphatic heterocycles. The van der Waals surface area contributed by atoms with Gasteiger partial charge in [0, 0.05) is 14.1 Å². The fourth-order valence-electron chi connectivity index (χ4n) is 2.01. The molecule has 0 bridgehead atoms. The Labute approximate surface area is 148 Å². The number of carbonyl (C=O) groups is 2. The molecule has 1 saturated heterocycles. The first-order valence-corrected chi connectivity index (χ1v) is 7.92. The zero-order chi connectivity index (χ0) is 17.1. The van der Waals surface area contributed by atoms with Crippen LogP contribution < -0.4 is 4.74 Å². The summed E-state index contributed by atoms with van der Waals surface area (Å²) < 4.78 is 6.19. The Morgan fingerprint density at radius 1 is 1.26 bits per heavy atom. The lowest BCUT2D eigenvalue weighted by Crippen LogP contribution is -2.52. The zero-order valence-corrected chi connectivity index (χ0v) is 15.1. The molecule has 1 fully saturated rings. The third-order valence-corrected chi connectivity index (χ3v) is 4.44. The van der Waals surface area contributed by atoms with Gasteiger partial charge in [-0.15, -0.1) is 0 Å². The Morgan fingerprint density at radius 3 is 2.39 bits per heavy atom. The van der Waals surface area contributed by atoms with Gasteiger partial charge in [0.15, 0.2) is 5.11 Å². The molecular formula is C16H15BrN2O3S. The number of thiocarbonyl (C=S) groups is 1. The van der Waals surface area contributed by atoms with Crippen LogP contribution in [0.3, 0.4) is 0 Å². The molecule has 0 spiro atoms. The molecule has 1 aromatic rings. The molecule has 2 rings (SSSR count). The molecule has 0 aromatic heterocycles. The summed E-state index contributed by atoms with van der Waals surface area (Å²) in [5, 5.41) is 0.187. The van der Waals surface area contributed by atoms with E-state index in [9.17, 15) is 9.59 Å². The lowest BCUT2D eigenvalue weighted by atomic mass is 10.1. The van der Waals surface area contributed by atoms with E-state index in [1.54, 1.807) is 44.4 Å². The maximum atomic E-state index is 12.3. The third-order valence-electron chi connectivity index (χ3n) is 3.27. The van der Waals surface area contributed by atoms with E-state index in [0.717, 1.165) is 4.47 Å². The van der Waals surface area contributed by atoms with Gasteiger partial charge in [0.1, 0.15) is 17.9 Å². The van der Waals surface area contributed by atoms with Gasteiger partial charge in [-0.1, -0.05) is 18.7 Å². The number of halogens is 1. The van der Waals surface area contributed by atoms with E-state index in [2.05, 4.69) is 22.5 Å². The van der Waals surface area contributed by atoms with E-state index in [0.29, 0.717) is 17.9 Å². The minimum absolute atomic E-state index is 0.0651. The molecule has 1 aromatic carbocycles. The first kappa shape index (κ1) is 17.4. The van der Waals surface area contributed by atoms with Crippen molar-refractivity contribution in [1.29, 1.82) is 0 Å². The molecule has 0 unspecified atom stereocenters. The maximum Gasteiger partial charge on any atom is 0.265 e. The van der Waals surface area contributed by atoms with Crippen molar-refractivity contribution in [3.05, 3.63) is 46.5 Å². The van der Waals surface area contributed by atoms with Gasteiger partial charge in [-0.2, -0.15) is 0 Å². The lowest BCUT2D eigenvalue weighted by Gasteiger charge is -2.31. The normalized spacial score (nSPS) is 15.1. The number of benzene rings is 1. The largest absolute Gasteiger partial charge is 0.488 e. The van der Waals surface area contributed by atoms with Crippen molar-refractivity contribution < 1.29 is 14.3 Å². The summed E-state index contributed by atoms with van der Waals surface area (Å²) >= 11 is 8.46. The van der Waals surface area contributed by atoms with Crippen LogP contribution in [0.1, 0.15) is 5.56 Å². The molecule has 120 valence electrons. The van der Waals surface area contributed by atoms with Crippen LogP contribution in [-0.4, -0.2) is 47.4 Å². The van der Waals surface area contributed by atoms with Gasteiger partial charge in [0.05, 0.1) is 4.47 Å². The molecule has 23 heavy (non-hydrogen) atoms. The summed E-state index contributed by atoms with van der Waals surface area (Å²) in [5.41, 5.74) is 0.768. The zero-order valence-electron chi connectivity index (χ0n) is 12.7. The van der Waals surface area contributed by atoms with Crippen LogP contribution in [0.2, 0.25) is 0 Å². The predicted octanol–water partition coefficient (Wildman–Crippen LogP) is 2.61. The Morgan fingerprint density at radius 2 is 1.87 bits per heavy atom. The number of amides is 2. The van der Waals surface area contributed by atoms with E-state index in [4.69, 9.17) is 17.0 Å². The predicted molar refractivity (Wildman–Crippen MR) is 95.9 cm³/mol. The van der Waals surface area contributed by atoms with E-state index in [1.807, 2.05) is 0 Å². The molecule has 0 saturated carbocycles. The van der Waals surface area contributed by atoms with E-state index in [1.165, 1.54) is 9.80 Å². The lowest BCUT2D eigenvalue weighted by molar-refractivity contribution is -0.132. The Balaban J connectivity index is 2.35.